The molecule has 148 valence electrons. The molecule has 9 heteroatoms. The van der Waals surface area contributed by atoms with Crippen LogP contribution in [0.3, 0.4) is 0 Å². The normalized spacial score (nSPS) is 11.1. The first kappa shape index (κ1) is 20.0. The zero-order valence-electron chi connectivity index (χ0n) is 14.8. The Kier molecular flexibility index (Phi) is 5.79. The highest BCUT2D eigenvalue weighted by atomic mass is 35.5. The summed E-state index contributed by atoms with van der Waals surface area (Å²) in [5, 5.41) is -0.139. The van der Waals surface area contributed by atoms with Crippen LogP contribution < -0.4 is 9.47 Å². The highest BCUT2D eigenvalue weighted by molar-refractivity contribution is 6.32. The van der Waals surface area contributed by atoms with Gasteiger partial charge in [-0.25, -0.2) is 13.8 Å². The molecule has 0 saturated heterocycles. The molecule has 0 spiro atoms. The minimum Gasteiger partial charge on any atom is -0.494 e. The van der Waals surface area contributed by atoms with E-state index in [0.29, 0.717) is 11.5 Å². The monoisotopic (exact) mass is 414 g/mol. The number of aryl methyl sites for hydroxylation is 1. The van der Waals surface area contributed by atoms with Crippen molar-refractivity contribution in [1.82, 2.24) is 9.55 Å². The lowest BCUT2D eigenvalue weighted by atomic mass is 10.1. The molecule has 0 atom stereocenters. The summed E-state index contributed by atoms with van der Waals surface area (Å²) in [5.41, 5.74) is -0.154. The molecule has 28 heavy (non-hydrogen) atoms. The highest BCUT2D eigenvalue weighted by Crippen LogP contribution is 2.37. The van der Waals surface area contributed by atoms with Crippen LogP contribution in [0.2, 0.25) is 5.15 Å². The van der Waals surface area contributed by atoms with Crippen molar-refractivity contribution < 1.29 is 27.0 Å². The maximum atomic E-state index is 14.7. The van der Waals surface area contributed by atoms with E-state index in [4.69, 9.17) is 16.3 Å². The van der Waals surface area contributed by atoms with E-state index in [0.717, 1.165) is 12.1 Å². The summed E-state index contributed by atoms with van der Waals surface area (Å²) in [6, 6.07) is 7.74. The van der Waals surface area contributed by atoms with E-state index in [2.05, 4.69) is 9.72 Å². The van der Waals surface area contributed by atoms with Crippen LogP contribution in [0.4, 0.5) is 17.6 Å². The molecule has 0 N–H and O–H groups in total. The van der Waals surface area contributed by atoms with Crippen LogP contribution in [0, 0.1) is 18.6 Å². The van der Waals surface area contributed by atoms with Crippen molar-refractivity contribution in [1.29, 1.82) is 0 Å². The third kappa shape index (κ3) is 3.91. The Bertz CT molecular complexity index is 985. The molecule has 0 saturated carbocycles. The van der Waals surface area contributed by atoms with Gasteiger partial charge in [0.25, 0.3) is 0 Å². The first-order valence-electron chi connectivity index (χ1n) is 8.24. The van der Waals surface area contributed by atoms with Gasteiger partial charge in [0.2, 0.25) is 0 Å². The van der Waals surface area contributed by atoms with E-state index >= 15 is 0 Å². The summed E-state index contributed by atoms with van der Waals surface area (Å²) in [6.07, 6.45) is 0. The summed E-state index contributed by atoms with van der Waals surface area (Å²) in [5.74, 6) is -1.57. The lowest BCUT2D eigenvalue weighted by Gasteiger charge is -2.14. The zero-order valence-corrected chi connectivity index (χ0v) is 15.6. The molecular formula is C19H15ClF4N2O2. The summed E-state index contributed by atoms with van der Waals surface area (Å²) < 4.78 is 65.4. The van der Waals surface area contributed by atoms with Gasteiger partial charge in [-0.1, -0.05) is 17.7 Å². The van der Waals surface area contributed by atoms with Crippen molar-refractivity contribution >= 4 is 11.6 Å². The molecule has 0 aliphatic heterocycles. The first-order chi connectivity index (χ1) is 13.3. The first-order valence-corrected chi connectivity index (χ1v) is 8.62. The van der Waals surface area contributed by atoms with Crippen molar-refractivity contribution in [3.05, 3.63) is 59.0 Å². The van der Waals surface area contributed by atoms with Gasteiger partial charge in [-0.3, -0.25) is 4.57 Å². The molecule has 0 aliphatic rings. The molecule has 0 unspecified atom stereocenters. The highest BCUT2D eigenvalue weighted by Gasteiger charge is 2.24. The molecule has 3 aromatic rings. The fourth-order valence-electron chi connectivity index (χ4n) is 2.85. The molecule has 1 aromatic heterocycles. The maximum absolute atomic E-state index is 14.7. The molecule has 3 rings (SSSR count). The molecule has 0 bridgehead atoms. The van der Waals surface area contributed by atoms with Gasteiger partial charge in [0.05, 0.1) is 23.6 Å². The van der Waals surface area contributed by atoms with E-state index < -0.39 is 23.8 Å². The molecule has 0 fully saturated rings. The Balaban J connectivity index is 2.18. The number of aromatic nitrogens is 2. The van der Waals surface area contributed by atoms with Gasteiger partial charge < -0.3 is 9.47 Å². The van der Waals surface area contributed by atoms with Gasteiger partial charge in [-0.15, -0.1) is 0 Å². The van der Waals surface area contributed by atoms with E-state index in [1.54, 1.807) is 19.9 Å². The van der Waals surface area contributed by atoms with Gasteiger partial charge in [-0.2, -0.15) is 8.78 Å². The summed E-state index contributed by atoms with van der Waals surface area (Å²) in [7, 11) is 0. The Hall–Kier alpha value is -2.74. The van der Waals surface area contributed by atoms with Crippen LogP contribution in [0.1, 0.15) is 12.7 Å². The van der Waals surface area contributed by atoms with Gasteiger partial charge in [-0.05, 0) is 26.0 Å². The van der Waals surface area contributed by atoms with E-state index in [-0.39, 0.29) is 29.0 Å². The predicted octanol–water partition coefficient (Wildman–Crippen LogP) is 5.78. The van der Waals surface area contributed by atoms with Gasteiger partial charge in [0.15, 0.2) is 5.15 Å². The van der Waals surface area contributed by atoms with Gasteiger partial charge in [0.1, 0.15) is 29.0 Å². The number of benzene rings is 2. The Labute approximate surface area is 163 Å². The number of alkyl halides is 2. The number of hydrogen-bond donors (Lipinski definition) is 0. The molecular weight excluding hydrogens is 400 g/mol. The van der Waals surface area contributed by atoms with Crippen molar-refractivity contribution in [2.24, 2.45) is 0 Å². The molecule has 1 heterocycles. The summed E-state index contributed by atoms with van der Waals surface area (Å²) >= 11 is 6.16. The van der Waals surface area contributed by atoms with Crippen molar-refractivity contribution in [2.45, 2.75) is 20.5 Å². The fraction of sp³-hybridized carbons (Fsp3) is 0.211. The second-order valence-corrected chi connectivity index (χ2v) is 6.06. The zero-order chi connectivity index (χ0) is 20.4. The second-order valence-electron chi connectivity index (χ2n) is 5.70. The number of nitrogens with zero attached hydrogens (tertiary/aromatic N) is 2. The summed E-state index contributed by atoms with van der Waals surface area (Å²) in [6.45, 7) is 0.490. The van der Waals surface area contributed by atoms with Crippen LogP contribution in [-0.4, -0.2) is 22.8 Å². The smallest absolute Gasteiger partial charge is 0.387 e. The minimum absolute atomic E-state index is 0.0347. The largest absolute Gasteiger partial charge is 0.494 e. The average molecular weight is 415 g/mol. The number of ether oxygens (including phenoxy) is 2. The van der Waals surface area contributed by atoms with Crippen molar-refractivity contribution in [3.8, 4) is 28.4 Å². The lowest BCUT2D eigenvalue weighted by Crippen LogP contribution is -2.05. The fourth-order valence-corrected chi connectivity index (χ4v) is 3.16. The standard InChI is InChI=1S/C19H15ClF4N2O2/c1-3-27-13-8-14(21)16(15(22)9-13)17-18(20)25-10(2)26(17)11-5-4-6-12(7-11)28-19(23)24/h4-9,19H,3H2,1-2H3. The average Bonchev–Trinajstić information content (AvgIpc) is 2.88. The Morgan fingerprint density at radius 3 is 2.39 bits per heavy atom. The number of hydrogen-bond acceptors (Lipinski definition) is 3. The van der Waals surface area contributed by atoms with Gasteiger partial charge in [0, 0.05) is 18.2 Å². The van der Waals surface area contributed by atoms with Crippen LogP contribution in [0.15, 0.2) is 36.4 Å². The number of imidazole rings is 1. The van der Waals surface area contributed by atoms with Crippen molar-refractivity contribution in [3.63, 3.8) is 0 Å². The molecule has 0 radical (unpaired) electrons. The SMILES string of the molecule is CCOc1cc(F)c(-c2c(Cl)nc(C)n2-c2cccc(OC(F)F)c2)c(F)c1. The molecule has 0 aliphatic carbocycles. The summed E-state index contributed by atoms with van der Waals surface area (Å²) in [4.78, 5) is 4.07. The minimum atomic E-state index is -3.01. The molecule has 2 aromatic carbocycles. The molecule has 0 amide bonds. The Morgan fingerprint density at radius 1 is 1.11 bits per heavy atom. The van der Waals surface area contributed by atoms with E-state index in [1.807, 2.05) is 0 Å². The second kappa shape index (κ2) is 8.10. The third-order valence-corrected chi connectivity index (χ3v) is 4.13. The topological polar surface area (TPSA) is 36.3 Å². The van der Waals surface area contributed by atoms with Crippen LogP contribution in [0.5, 0.6) is 11.5 Å². The van der Waals surface area contributed by atoms with Crippen molar-refractivity contribution in [2.75, 3.05) is 6.61 Å². The predicted molar refractivity (Wildman–Crippen MR) is 96.5 cm³/mol. The maximum Gasteiger partial charge on any atom is 0.387 e. The lowest BCUT2D eigenvalue weighted by molar-refractivity contribution is -0.0498. The van der Waals surface area contributed by atoms with Crippen LogP contribution >= 0.6 is 11.6 Å². The molecule has 4 nitrogen and oxygen atoms in total. The van der Waals surface area contributed by atoms with Crippen LogP contribution in [0.25, 0.3) is 16.9 Å². The van der Waals surface area contributed by atoms with Gasteiger partial charge >= 0.3 is 6.61 Å². The van der Waals surface area contributed by atoms with Crippen LogP contribution in [-0.2, 0) is 0 Å². The van der Waals surface area contributed by atoms with E-state index in [9.17, 15) is 17.6 Å². The number of halogens is 5. The third-order valence-electron chi connectivity index (χ3n) is 3.87. The Morgan fingerprint density at radius 2 is 1.79 bits per heavy atom. The quantitative estimate of drug-likeness (QED) is 0.480. The number of rotatable bonds is 6. The van der Waals surface area contributed by atoms with E-state index in [1.165, 1.54) is 22.8 Å².